The molecule has 1 saturated carbocycles. The lowest BCUT2D eigenvalue weighted by molar-refractivity contribution is -0.130. The van der Waals surface area contributed by atoms with E-state index < -0.39 is 0 Å². The van der Waals surface area contributed by atoms with Crippen LogP contribution in [-0.2, 0) is 11.2 Å². The van der Waals surface area contributed by atoms with Gasteiger partial charge in [-0.25, -0.2) is 4.98 Å². The third kappa shape index (κ3) is 3.42. The van der Waals surface area contributed by atoms with Crippen LogP contribution in [0.25, 0.3) is 11.0 Å². The molecule has 2 aromatic carbocycles. The van der Waals surface area contributed by atoms with E-state index in [0.717, 1.165) is 54.6 Å². The van der Waals surface area contributed by atoms with Gasteiger partial charge in [-0.2, -0.15) is 0 Å². The summed E-state index contributed by atoms with van der Waals surface area (Å²) in [5.41, 5.74) is 4.58. The number of carbonyl (C=O) groups excluding carboxylic acids is 1. The topological polar surface area (TPSA) is 52.2 Å². The van der Waals surface area contributed by atoms with Gasteiger partial charge in [-0.3, -0.25) is 4.79 Å². The summed E-state index contributed by atoms with van der Waals surface area (Å²) in [5.74, 6) is 1.89. The molecule has 1 N–H and O–H groups in total. The predicted octanol–water partition coefficient (Wildman–Crippen LogP) is 3.33. The molecule has 0 radical (unpaired) electrons. The van der Waals surface area contributed by atoms with E-state index in [9.17, 15) is 4.79 Å². The average Bonchev–Trinajstić information content (AvgIpc) is 3.47. The number of benzene rings is 2. The van der Waals surface area contributed by atoms with Gasteiger partial charge in [0.1, 0.15) is 0 Å². The van der Waals surface area contributed by atoms with Gasteiger partial charge in [-0.15, -0.1) is 0 Å². The van der Waals surface area contributed by atoms with Crippen molar-refractivity contribution < 1.29 is 4.79 Å². The summed E-state index contributed by atoms with van der Waals surface area (Å²) in [6.45, 7) is 3.12. The third-order valence-electron chi connectivity index (χ3n) is 5.69. The second-order valence-electron chi connectivity index (χ2n) is 7.64. The lowest BCUT2D eigenvalue weighted by Crippen LogP contribution is -2.49. The number of nitrogens with zero attached hydrogens (tertiary/aromatic N) is 3. The van der Waals surface area contributed by atoms with Crippen molar-refractivity contribution in [2.45, 2.75) is 25.2 Å². The fourth-order valence-corrected chi connectivity index (χ4v) is 3.87. The molecule has 2 heterocycles. The third-order valence-corrected chi connectivity index (χ3v) is 5.69. The van der Waals surface area contributed by atoms with Gasteiger partial charge in [0.25, 0.3) is 0 Å². The fraction of sp³-hybridized carbons (Fsp3) is 0.364. The van der Waals surface area contributed by atoms with Crippen LogP contribution in [0.5, 0.6) is 0 Å². The fourth-order valence-electron chi connectivity index (χ4n) is 3.87. The highest BCUT2D eigenvalue weighted by Crippen LogP contribution is 2.39. The molecule has 1 aromatic heterocycles. The van der Waals surface area contributed by atoms with Crippen molar-refractivity contribution in [1.29, 1.82) is 0 Å². The summed E-state index contributed by atoms with van der Waals surface area (Å²) < 4.78 is 0. The van der Waals surface area contributed by atoms with Gasteiger partial charge in [0.2, 0.25) is 11.9 Å². The van der Waals surface area contributed by atoms with E-state index in [0.29, 0.717) is 6.42 Å². The Kier molecular flexibility index (Phi) is 4.07. The van der Waals surface area contributed by atoms with Gasteiger partial charge in [-0.05, 0) is 42.0 Å². The second kappa shape index (κ2) is 6.72. The molecule has 5 rings (SSSR count). The predicted molar refractivity (Wildman–Crippen MR) is 107 cm³/mol. The highest BCUT2D eigenvalue weighted by Gasteiger charge is 2.24. The number of H-pyrrole nitrogens is 1. The van der Waals surface area contributed by atoms with Crippen LogP contribution in [0.2, 0.25) is 0 Å². The molecule has 2 fully saturated rings. The molecule has 5 nitrogen and oxygen atoms in total. The molecule has 138 valence electrons. The minimum atomic E-state index is 0.221. The van der Waals surface area contributed by atoms with E-state index in [1.54, 1.807) is 0 Å². The van der Waals surface area contributed by atoms with Gasteiger partial charge in [0.15, 0.2) is 0 Å². The highest BCUT2D eigenvalue weighted by atomic mass is 16.2. The number of nitrogens with one attached hydrogen (secondary N) is 1. The van der Waals surface area contributed by atoms with Crippen LogP contribution >= 0.6 is 0 Å². The first kappa shape index (κ1) is 16.4. The molecule has 0 bridgehead atoms. The first-order valence-corrected chi connectivity index (χ1v) is 9.82. The summed E-state index contributed by atoms with van der Waals surface area (Å²) in [5, 5.41) is 0. The summed E-state index contributed by atoms with van der Waals surface area (Å²) in [6.07, 6.45) is 3.12. The number of hydrogen-bond acceptors (Lipinski definition) is 3. The van der Waals surface area contributed by atoms with Gasteiger partial charge in [0.05, 0.1) is 17.5 Å². The molecule has 1 saturated heterocycles. The van der Waals surface area contributed by atoms with Crippen molar-refractivity contribution in [2.75, 3.05) is 31.1 Å². The number of carbonyl (C=O) groups is 1. The molecule has 0 spiro atoms. The SMILES string of the molecule is O=C(Cc1ccc(C2CC2)cc1)N1CCN(c2nc3ccccc3[nH]2)CC1. The van der Waals surface area contributed by atoms with E-state index in [2.05, 4.69) is 39.1 Å². The van der Waals surface area contributed by atoms with Gasteiger partial charge in [0, 0.05) is 26.2 Å². The monoisotopic (exact) mass is 360 g/mol. The largest absolute Gasteiger partial charge is 0.339 e. The van der Waals surface area contributed by atoms with Crippen molar-refractivity contribution in [3.05, 3.63) is 59.7 Å². The average molecular weight is 360 g/mol. The number of hydrogen-bond donors (Lipinski definition) is 1. The summed E-state index contributed by atoms with van der Waals surface area (Å²) in [6, 6.07) is 16.7. The Morgan fingerprint density at radius 2 is 1.74 bits per heavy atom. The molecule has 5 heteroatoms. The first-order chi connectivity index (χ1) is 13.3. The zero-order chi connectivity index (χ0) is 18.2. The summed E-state index contributed by atoms with van der Waals surface area (Å²) in [7, 11) is 0. The molecule has 2 aliphatic rings. The molecule has 0 atom stereocenters. The molecular formula is C22H24N4O. The van der Waals surface area contributed by atoms with Crippen molar-refractivity contribution in [1.82, 2.24) is 14.9 Å². The maximum absolute atomic E-state index is 12.7. The zero-order valence-electron chi connectivity index (χ0n) is 15.4. The quantitative estimate of drug-likeness (QED) is 0.776. The molecule has 1 aliphatic heterocycles. The van der Waals surface area contributed by atoms with Crippen LogP contribution in [0.15, 0.2) is 48.5 Å². The number of amides is 1. The smallest absolute Gasteiger partial charge is 0.227 e. The first-order valence-electron chi connectivity index (χ1n) is 9.82. The van der Waals surface area contributed by atoms with E-state index in [-0.39, 0.29) is 5.91 Å². The standard InChI is InChI=1S/C22H24N4O/c27-21(15-16-5-7-17(8-6-16)18-9-10-18)25-11-13-26(14-12-25)22-23-19-3-1-2-4-20(19)24-22/h1-8,18H,9-15H2,(H,23,24). The van der Waals surface area contributed by atoms with Crippen LogP contribution in [0.4, 0.5) is 5.95 Å². The van der Waals surface area contributed by atoms with E-state index in [1.807, 2.05) is 29.2 Å². The van der Waals surface area contributed by atoms with E-state index in [1.165, 1.54) is 18.4 Å². The summed E-state index contributed by atoms with van der Waals surface area (Å²) >= 11 is 0. The van der Waals surface area contributed by atoms with Crippen LogP contribution in [-0.4, -0.2) is 47.0 Å². The van der Waals surface area contributed by atoms with Crippen molar-refractivity contribution in [3.63, 3.8) is 0 Å². The van der Waals surface area contributed by atoms with Crippen LogP contribution in [0.3, 0.4) is 0 Å². The molecule has 1 aliphatic carbocycles. The molecule has 27 heavy (non-hydrogen) atoms. The van der Waals surface area contributed by atoms with Crippen molar-refractivity contribution in [2.24, 2.45) is 0 Å². The maximum Gasteiger partial charge on any atom is 0.227 e. The number of piperazine rings is 1. The Bertz CT molecular complexity index is 917. The van der Waals surface area contributed by atoms with Gasteiger partial charge < -0.3 is 14.8 Å². The highest BCUT2D eigenvalue weighted by molar-refractivity contribution is 5.79. The Labute approximate surface area is 159 Å². The number of imidazole rings is 1. The molecule has 3 aromatic rings. The maximum atomic E-state index is 12.7. The Morgan fingerprint density at radius 1 is 1.00 bits per heavy atom. The molecular weight excluding hydrogens is 336 g/mol. The lowest BCUT2D eigenvalue weighted by Gasteiger charge is -2.34. The number of para-hydroxylation sites is 2. The number of fused-ring (bicyclic) bond motifs is 1. The Morgan fingerprint density at radius 3 is 2.44 bits per heavy atom. The normalized spacial score (nSPS) is 17.5. The molecule has 0 unspecified atom stereocenters. The minimum Gasteiger partial charge on any atom is -0.339 e. The van der Waals surface area contributed by atoms with Gasteiger partial charge in [-0.1, -0.05) is 36.4 Å². The lowest BCUT2D eigenvalue weighted by atomic mass is 10.1. The van der Waals surface area contributed by atoms with Crippen LogP contribution in [0, 0.1) is 0 Å². The zero-order valence-corrected chi connectivity index (χ0v) is 15.4. The molecule has 1 amide bonds. The van der Waals surface area contributed by atoms with E-state index >= 15 is 0 Å². The van der Waals surface area contributed by atoms with Crippen LogP contribution in [0.1, 0.15) is 29.9 Å². The second-order valence-corrected chi connectivity index (χ2v) is 7.64. The number of anilines is 1. The van der Waals surface area contributed by atoms with E-state index in [4.69, 9.17) is 0 Å². The Hall–Kier alpha value is -2.82. The number of rotatable bonds is 4. The number of aromatic nitrogens is 2. The van der Waals surface area contributed by atoms with Gasteiger partial charge >= 0.3 is 0 Å². The van der Waals surface area contributed by atoms with Crippen molar-refractivity contribution >= 4 is 22.9 Å². The number of aromatic amines is 1. The minimum absolute atomic E-state index is 0.221. The van der Waals surface area contributed by atoms with Crippen molar-refractivity contribution in [3.8, 4) is 0 Å². The van der Waals surface area contributed by atoms with Crippen LogP contribution < -0.4 is 4.90 Å². The summed E-state index contributed by atoms with van der Waals surface area (Å²) in [4.78, 5) is 24.9. The Balaban J connectivity index is 1.18.